The molecule has 3 rings (SSSR count). The van der Waals surface area contributed by atoms with Crippen LogP contribution in [0.2, 0.25) is 0 Å². The highest BCUT2D eigenvalue weighted by Gasteiger charge is 2.29. The van der Waals surface area contributed by atoms with E-state index in [1.54, 1.807) is 22.7 Å². The zero-order valence-electron chi connectivity index (χ0n) is 11.0. The number of carbonyl (C=O) groups is 1. The van der Waals surface area contributed by atoms with Crippen LogP contribution in [0.5, 0.6) is 0 Å². The lowest BCUT2D eigenvalue weighted by Crippen LogP contribution is -2.48. The van der Waals surface area contributed by atoms with Crippen molar-refractivity contribution in [3.8, 4) is 0 Å². The summed E-state index contributed by atoms with van der Waals surface area (Å²) >= 11 is 3.30. The number of piperidine rings is 1. The van der Waals surface area contributed by atoms with Gasteiger partial charge in [-0.05, 0) is 29.9 Å². The highest BCUT2D eigenvalue weighted by atomic mass is 32.1. The van der Waals surface area contributed by atoms with Crippen LogP contribution in [-0.2, 0) is 0 Å². The molecule has 1 fully saturated rings. The summed E-state index contributed by atoms with van der Waals surface area (Å²) in [5, 5.41) is 2.07. The Bertz CT molecular complexity index is 561. The first kappa shape index (κ1) is 13.1. The van der Waals surface area contributed by atoms with Gasteiger partial charge in [0.15, 0.2) is 0 Å². The van der Waals surface area contributed by atoms with Crippen LogP contribution < -0.4 is 5.73 Å². The first-order valence-corrected chi connectivity index (χ1v) is 8.40. The number of likely N-dealkylation sites (tertiary alicyclic amines) is 1. The molecule has 102 valence electrons. The maximum atomic E-state index is 12.5. The highest BCUT2D eigenvalue weighted by molar-refractivity contribution is 7.27. The molecular weight excluding hydrogens is 276 g/mol. The van der Waals surface area contributed by atoms with Crippen molar-refractivity contribution in [2.45, 2.75) is 25.8 Å². The van der Waals surface area contributed by atoms with Gasteiger partial charge in [-0.1, -0.05) is 13.3 Å². The SMILES string of the molecule is CCC1CN(C(=O)c2cc3sccc3s2)CCC1N. The second-order valence-corrected chi connectivity index (χ2v) is 7.16. The number of fused-ring (bicyclic) bond motifs is 1. The van der Waals surface area contributed by atoms with E-state index in [4.69, 9.17) is 5.73 Å². The molecule has 0 aromatic carbocycles. The van der Waals surface area contributed by atoms with E-state index in [2.05, 4.69) is 18.4 Å². The molecule has 2 aromatic rings. The molecule has 1 aliphatic heterocycles. The minimum Gasteiger partial charge on any atom is -0.338 e. The second kappa shape index (κ2) is 5.23. The molecule has 1 aliphatic rings. The second-order valence-electron chi connectivity index (χ2n) is 5.13. The number of hydrogen-bond donors (Lipinski definition) is 1. The Kier molecular flexibility index (Phi) is 3.60. The molecule has 3 heterocycles. The fourth-order valence-corrected chi connectivity index (χ4v) is 4.77. The molecule has 0 bridgehead atoms. The summed E-state index contributed by atoms with van der Waals surface area (Å²) in [7, 11) is 0. The lowest BCUT2D eigenvalue weighted by molar-refractivity contribution is 0.0654. The lowest BCUT2D eigenvalue weighted by Gasteiger charge is -2.36. The van der Waals surface area contributed by atoms with Gasteiger partial charge in [-0.25, -0.2) is 0 Å². The normalized spacial score (nSPS) is 24.0. The Balaban J connectivity index is 1.78. The Morgan fingerprint density at radius 2 is 2.37 bits per heavy atom. The summed E-state index contributed by atoms with van der Waals surface area (Å²) in [5.74, 6) is 0.623. The molecule has 1 amide bonds. The van der Waals surface area contributed by atoms with Crippen LogP contribution in [0, 0.1) is 5.92 Å². The number of thiophene rings is 2. The predicted octanol–water partition coefficient (Wildman–Crippen LogP) is 3.16. The fourth-order valence-electron chi connectivity index (χ4n) is 2.69. The summed E-state index contributed by atoms with van der Waals surface area (Å²) in [6.07, 6.45) is 1.97. The molecule has 3 nitrogen and oxygen atoms in total. The Labute approximate surface area is 121 Å². The summed E-state index contributed by atoms with van der Waals surface area (Å²) in [6, 6.07) is 4.37. The minimum atomic E-state index is 0.179. The van der Waals surface area contributed by atoms with Gasteiger partial charge in [-0.15, -0.1) is 22.7 Å². The molecule has 0 aliphatic carbocycles. The highest BCUT2D eigenvalue weighted by Crippen LogP contribution is 2.31. The van der Waals surface area contributed by atoms with Crippen LogP contribution in [0.1, 0.15) is 29.4 Å². The van der Waals surface area contributed by atoms with Crippen molar-refractivity contribution < 1.29 is 4.79 Å². The van der Waals surface area contributed by atoms with Crippen molar-refractivity contribution in [2.24, 2.45) is 11.7 Å². The topological polar surface area (TPSA) is 46.3 Å². The Morgan fingerprint density at radius 3 is 3.11 bits per heavy atom. The van der Waals surface area contributed by atoms with Crippen LogP contribution >= 0.6 is 22.7 Å². The average molecular weight is 294 g/mol. The molecule has 2 atom stereocenters. The van der Waals surface area contributed by atoms with Crippen molar-refractivity contribution in [1.29, 1.82) is 0 Å². The van der Waals surface area contributed by atoms with Gasteiger partial charge in [0.25, 0.3) is 5.91 Å². The third-order valence-electron chi connectivity index (χ3n) is 3.95. The molecule has 0 spiro atoms. The van der Waals surface area contributed by atoms with E-state index in [0.717, 1.165) is 30.8 Å². The zero-order chi connectivity index (χ0) is 13.4. The van der Waals surface area contributed by atoms with Gasteiger partial charge >= 0.3 is 0 Å². The molecule has 5 heteroatoms. The first-order valence-electron chi connectivity index (χ1n) is 6.71. The number of nitrogens with zero attached hydrogens (tertiary/aromatic N) is 1. The number of nitrogens with two attached hydrogens (primary N) is 1. The molecule has 0 saturated carbocycles. The number of rotatable bonds is 2. The molecule has 19 heavy (non-hydrogen) atoms. The molecule has 2 N–H and O–H groups in total. The monoisotopic (exact) mass is 294 g/mol. The summed E-state index contributed by atoms with van der Waals surface area (Å²) < 4.78 is 2.43. The number of amides is 1. The smallest absolute Gasteiger partial charge is 0.264 e. The van der Waals surface area contributed by atoms with Crippen molar-refractivity contribution in [3.63, 3.8) is 0 Å². The average Bonchev–Trinajstić information content (AvgIpc) is 2.99. The molecular formula is C14H18N2OS2. The van der Waals surface area contributed by atoms with Crippen molar-refractivity contribution in [2.75, 3.05) is 13.1 Å². The largest absolute Gasteiger partial charge is 0.338 e. The Hall–Kier alpha value is -0.910. The van der Waals surface area contributed by atoms with E-state index in [1.807, 2.05) is 11.0 Å². The van der Waals surface area contributed by atoms with Gasteiger partial charge in [0.05, 0.1) is 4.88 Å². The molecule has 2 unspecified atom stereocenters. The van der Waals surface area contributed by atoms with Crippen LogP contribution in [-0.4, -0.2) is 29.9 Å². The predicted molar refractivity (Wildman–Crippen MR) is 82.0 cm³/mol. The van der Waals surface area contributed by atoms with E-state index in [-0.39, 0.29) is 11.9 Å². The molecule has 0 radical (unpaired) electrons. The summed E-state index contributed by atoms with van der Waals surface area (Å²) in [6.45, 7) is 3.75. The maximum absolute atomic E-state index is 12.5. The van der Waals surface area contributed by atoms with Crippen LogP contribution in [0.4, 0.5) is 0 Å². The van der Waals surface area contributed by atoms with Gasteiger partial charge < -0.3 is 10.6 Å². The van der Waals surface area contributed by atoms with Crippen molar-refractivity contribution >= 4 is 38.0 Å². The minimum absolute atomic E-state index is 0.179. The van der Waals surface area contributed by atoms with Crippen LogP contribution in [0.3, 0.4) is 0 Å². The third kappa shape index (κ3) is 2.42. The summed E-state index contributed by atoms with van der Waals surface area (Å²) in [4.78, 5) is 15.4. The van der Waals surface area contributed by atoms with Gasteiger partial charge in [-0.2, -0.15) is 0 Å². The van der Waals surface area contributed by atoms with Crippen molar-refractivity contribution in [3.05, 3.63) is 22.4 Å². The number of hydrogen-bond acceptors (Lipinski definition) is 4. The van der Waals surface area contributed by atoms with Crippen LogP contribution in [0.25, 0.3) is 9.40 Å². The van der Waals surface area contributed by atoms with Crippen molar-refractivity contribution in [1.82, 2.24) is 4.90 Å². The first-order chi connectivity index (χ1) is 9.19. The van der Waals surface area contributed by atoms with E-state index in [1.165, 1.54) is 9.40 Å². The lowest BCUT2D eigenvalue weighted by atomic mass is 9.90. The number of carbonyl (C=O) groups excluding carboxylic acids is 1. The zero-order valence-corrected chi connectivity index (χ0v) is 12.6. The molecule has 1 saturated heterocycles. The molecule has 2 aromatic heterocycles. The third-order valence-corrected chi connectivity index (χ3v) is 6.04. The van der Waals surface area contributed by atoms with Gasteiger partial charge in [0.1, 0.15) is 0 Å². The van der Waals surface area contributed by atoms with Gasteiger partial charge in [0.2, 0.25) is 0 Å². The van der Waals surface area contributed by atoms with E-state index >= 15 is 0 Å². The quantitative estimate of drug-likeness (QED) is 0.924. The van der Waals surface area contributed by atoms with Gasteiger partial charge in [-0.3, -0.25) is 4.79 Å². The van der Waals surface area contributed by atoms with E-state index in [9.17, 15) is 4.79 Å². The Morgan fingerprint density at radius 1 is 1.53 bits per heavy atom. The summed E-state index contributed by atoms with van der Waals surface area (Å²) in [5.41, 5.74) is 6.10. The van der Waals surface area contributed by atoms with E-state index in [0.29, 0.717) is 5.92 Å². The van der Waals surface area contributed by atoms with Crippen LogP contribution in [0.15, 0.2) is 17.5 Å². The van der Waals surface area contributed by atoms with Gasteiger partial charge in [0, 0.05) is 28.5 Å². The maximum Gasteiger partial charge on any atom is 0.264 e. The van der Waals surface area contributed by atoms with E-state index < -0.39 is 0 Å². The standard InChI is InChI=1S/C14H18N2OS2/c1-2-9-8-16(5-3-10(9)15)14(17)13-7-12-11(19-13)4-6-18-12/h4,6-7,9-10H,2-3,5,8,15H2,1H3. The fraction of sp³-hybridized carbons (Fsp3) is 0.500.